The number of carbonyl (C=O) groups excluding carboxylic acids is 1. The molecular weight excluding hydrogens is 446 g/mol. The molecule has 0 unspecified atom stereocenters. The van der Waals surface area contributed by atoms with E-state index in [9.17, 15) is 19.5 Å². The Morgan fingerprint density at radius 3 is 2.64 bits per heavy atom. The molecule has 33 heavy (non-hydrogen) atoms. The summed E-state index contributed by atoms with van der Waals surface area (Å²) in [7, 11) is 0. The highest BCUT2D eigenvalue weighted by Gasteiger charge is 2.34. The minimum absolute atomic E-state index is 0.207. The summed E-state index contributed by atoms with van der Waals surface area (Å²) in [4.78, 5) is 38.4. The smallest absolute Gasteiger partial charge is 0.340 e. The van der Waals surface area contributed by atoms with Gasteiger partial charge >= 0.3 is 11.6 Å². The fraction of sp³-hybridized carbons (Fsp3) is 0.240. The summed E-state index contributed by atoms with van der Waals surface area (Å²) < 4.78 is 11.2. The van der Waals surface area contributed by atoms with Crippen LogP contribution in [0.4, 0.5) is 0 Å². The zero-order valence-corrected chi connectivity index (χ0v) is 18.5. The zero-order valence-electron chi connectivity index (χ0n) is 17.8. The van der Waals surface area contributed by atoms with Crippen molar-refractivity contribution >= 4 is 45.4 Å². The molecule has 1 aliphatic rings. The third-order valence-corrected chi connectivity index (χ3v) is 6.57. The molecule has 0 saturated carbocycles. The number of likely N-dealkylation sites (tertiary alicyclic amines) is 1. The summed E-state index contributed by atoms with van der Waals surface area (Å²) in [5, 5.41) is 11.5. The summed E-state index contributed by atoms with van der Waals surface area (Å²) in [5.74, 6) is -1.42. The van der Waals surface area contributed by atoms with Gasteiger partial charge in [-0.3, -0.25) is 4.79 Å². The Hall–Kier alpha value is -3.58. The number of halogens is 1. The molecular formula is C25H20ClNO6. The molecule has 0 spiro atoms. The summed E-state index contributed by atoms with van der Waals surface area (Å²) in [6.45, 7) is 2.14. The first-order valence-corrected chi connectivity index (χ1v) is 11.0. The van der Waals surface area contributed by atoms with E-state index in [4.69, 9.17) is 20.4 Å². The van der Waals surface area contributed by atoms with Gasteiger partial charge in [0.15, 0.2) is 0 Å². The van der Waals surface area contributed by atoms with Crippen LogP contribution in [-0.2, 0) is 16.0 Å². The molecule has 8 heteroatoms. The third kappa shape index (κ3) is 3.68. The molecule has 7 nitrogen and oxygen atoms in total. The molecule has 0 aliphatic carbocycles. The van der Waals surface area contributed by atoms with Crippen LogP contribution in [0.15, 0.2) is 56.3 Å². The molecule has 1 atom stereocenters. The standard InChI is InChI=1S/C25H20ClNO6/c1-13-16-9-18-19(14-4-6-15(26)7-5-14)12-32-21(18)11-22(16)33-25(31)17(13)10-23(28)27-8-2-3-20(27)24(29)30/h4-7,9,11-12,20H,2-3,8,10H2,1H3,(H,29,30)/t20-/m0/s1. The number of hydrogen-bond donors (Lipinski definition) is 1. The van der Waals surface area contributed by atoms with Crippen molar-refractivity contribution in [3.8, 4) is 11.1 Å². The molecule has 5 rings (SSSR count). The number of rotatable bonds is 4. The molecule has 0 radical (unpaired) electrons. The molecule has 168 valence electrons. The molecule has 1 aliphatic heterocycles. The van der Waals surface area contributed by atoms with Crippen molar-refractivity contribution in [2.45, 2.75) is 32.2 Å². The summed E-state index contributed by atoms with van der Waals surface area (Å²) >= 11 is 6.01. The summed E-state index contributed by atoms with van der Waals surface area (Å²) in [6.07, 6.45) is 2.48. The topological polar surface area (TPSA) is 101 Å². The van der Waals surface area contributed by atoms with Crippen LogP contribution in [0.1, 0.15) is 24.0 Å². The van der Waals surface area contributed by atoms with Gasteiger partial charge in [-0.05, 0) is 49.1 Å². The van der Waals surface area contributed by atoms with Gasteiger partial charge in [0.25, 0.3) is 0 Å². The third-order valence-electron chi connectivity index (χ3n) is 6.32. The monoisotopic (exact) mass is 465 g/mol. The number of fused-ring (bicyclic) bond motifs is 2. The Morgan fingerprint density at radius 1 is 1.15 bits per heavy atom. The molecule has 1 saturated heterocycles. The fourth-order valence-electron chi connectivity index (χ4n) is 4.54. The Morgan fingerprint density at radius 2 is 1.91 bits per heavy atom. The molecule has 1 N–H and O–H groups in total. The van der Waals surface area contributed by atoms with Gasteiger partial charge in [0.1, 0.15) is 17.2 Å². The highest BCUT2D eigenvalue weighted by Crippen LogP contribution is 2.35. The van der Waals surface area contributed by atoms with E-state index in [0.717, 1.165) is 16.5 Å². The SMILES string of the molecule is Cc1c(CC(=O)N2CCC[C@H]2C(=O)O)c(=O)oc2cc3occ(-c4ccc(Cl)cc4)c3cc12. The number of carboxylic acids is 1. The maximum Gasteiger partial charge on any atom is 0.340 e. The van der Waals surface area contributed by atoms with Gasteiger partial charge in [-0.25, -0.2) is 9.59 Å². The van der Waals surface area contributed by atoms with E-state index in [0.29, 0.717) is 46.5 Å². The van der Waals surface area contributed by atoms with Crippen molar-refractivity contribution in [3.05, 3.63) is 69.2 Å². The normalized spacial score (nSPS) is 16.1. The molecule has 4 aromatic rings. The molecule has 2 aromatic heterocycles. The lowest BCUT2D eigenvalue weighted by Gasteiger charge is -2.21. The fourth-order valence-corrected chi connectivity index (χ4v) is 4.67. The van der Waals surface area contributed by atoms with E-state index < -0.39 is 17.6 Å². The molecule has 2 aromatic carbocycles. The van der Waals surface area contributed by atoms with Gasteiger partial charge in [-0.2, -0.15) is 0 Å². The first-order chi connectivity index (χ1) is 15.8. The van der Waals surface area contributed by atoms with Crippen LogP contribution in [0.25, 0.3) is 33.1 Å². The average molecular weight is 466 g/mol. The zero-order chi connectivity index (χ0) is 23.3. The number of carbonyl (C=O) groups is 2. The first kappa shape index (κ1) is 21.3. The lowest BCUT2D eigenvalue weighted by atomic mass is 9.99. The van der Waals surface area contributed by atoms with E-state index in [2.05, 4.69) is 0 Å². The number of aliphatic carboxylic acids is 1. The van der Waals surface area contributed by atoms with Crippen molar-refractivity contribution in [2.24, 2.45) is 0 Å². The van der Waals surface area contributed by atoms with Crippen molar-refractivity contribution in [1.29, 1.82) is 0 Å². The van der Waals surface area contributed by atoms with Gasteiger partial charge in [-0.1, -0.05) is 23.7 Å². The highest BCUT2D eigenvalue weighted by atomic mass is 35.5. The van der Waals surface area contributed by atoms with Crippen LogP contribution in [0, 0.1) is 6.92 Å². The number of carboxylic acid groups (broad SMARTS) is 1. The number of aryl methyl sites for hydroxylation is 1. The van der Waals surface area contributed by atoms with E-state index in [-0.39, 0.29) is 17.9 Å². The van der Waals surface area contributed by atoms with Gasteiger partial charge in [-0.15, -0.1) is 0 Å². The van der Waals surface area contributed by atoms with Gasteiger partial charge < -0.3 is 18.8 Å². The molecule has 3 heterocycles. The Balaban J connectivity index is 1.58. The Bertz CT molecular complexity index is 1470. The van der Waals surface area contributed by atoms with Crippen molar-refractivity contribution < 1.29 is 23.5 Å². The molecule has 1 amide bonds. The lowest BCUT2D eigenvalue weighted by Crippen LogP contribution is -2.41. The number of hydrogen-bond acceptors (Lipinski definition) is 5. The minimum Gasteiger partial charge on any atom is -0.480 e. The minimum atomic E-state index is -1.03. The van der Waals surface area contributed by atoms with Crippen molar-refractivity contribution in [1.82, 2.24) is 4.90 Å². The summed E-state index contributed by atoms with van der Waals surface area (Å²) in [5.41, 5.74) is 2.99. The largest absolute Gasteiger partial charge is 0.480 e. The lowest BCUT2D eigenvalue weighted by molar-refractivity contribution is -0.148. The highest BCUT2D eigenvalue weighted by molar-refractivity contribution is 6.30. The Kier molecular flexibility index (Phi) is 5.21. The van der Waals surface area contributed by atoms with E-state index in [1.54, 1.807) is 31.4 Å². The number of nitrogens with zero attached hydrogens (tertiary/aromatic N) is 1. The second-order valence-corrected chi connectivity index (χ2v) is 8.69. The van der Waals surface area contributed by atoms with Crippen molar-refractivity contribution in [2.75, 3.05) is 6.54 Å². The predicted molar refractivity (Wildman–Crippen MR) is 124 cm³/mol. The van der Waals surface area contributed by atoms with Crippen LogP contribution in [0.2, 0.25) is 5.02 Å². The average Bonchev–Trinajstić information content (AvgIpc) is 3.43. The van der Waals surface area contributed by atoms with E-state index >= 15 is 0 Å². The van der Waals surface area contributed by atoms with Crippen LogP contribution >= 0.6 is 11.6 Å². The van der Waals surface area contributed by atoms with Crippen LogP contribution < -0.4 is 5.63 Å². The van der Waals surface area contributed by atoms with Crippen LogP contribution in [0.3, 0.4) is 0 Å². The maximum absolute atomic E-state index is 12.9. The first-order valence-electron chi connectivity index (χ1n) is 10.6. The molecule has 1 fully saturated rings. The molecule has 0 bridgehead atoms. The predicted octanol–water partition coefficient (Wildman–Crippen LogP) is 4.79. The van der Waals surface area contributed by atoms with Gasteiger partial charge in [0, 0.05) is 34.0 Å². The van der Waals surface area contributed by atoms with Crippen LogP contribution in [-0.4, -0.2) is 34.5 Å². The van der Waals surface area contributed by atoms with E-state index in [1.165, 1.54) is 4.90 Å². The quantitative estimate of drug-likeness (QED) is 0.435. The summed E-state index contributed by atoms with van der Waals surface area (Å²) in [6, 6.07) is 10.1. The number of furan rings is 1. The number of benzene rings is 2. The maximum atomic E-state index is 12.9. The second-order valence-electron chi connectivity index (χ2n) is 8.25. The van der Waals surface area contributed by atoms with E-state index in [1.807, 2.05) is 18.2 Å². The number of amides is 1. The van der Waals surface area contributed by atoms with Crippen molar-refractivity contribution in [3.63, 3.8) is 0 Å². The van der Waals surface area contributed by atoms with Gasteiger partial charge in [0.2, 0.25) is 5.91 Å². The Labute approximate surface area is 193 Å². The second kappa shape index (κ2) is 8.08. The van der Waals surface area contributed by atoms with Crippen LogP contribution in [0.5, 0.6) is 0 Å². The van der Waals surface area contributed by atoms with Gasteiger partial charge in [0.05, 0.1) is 18.2 Å².